The molecule has 0 aromatic heterocycles. The number of nitrogens with one attached hydrogen (secondary N) is 1. The molecule has 0 aliphatic rings. The molecule has 20 heavy (non-hydrogen) atoms. The third-order valence-corrected chi connectivity index (χ3v) is 3.54. The number of hydrogen-bond acceptors (Lipinski definition) is 2. The molecule has 2 nitrogen and oxygen atoms in total. The summed E-state index contributed by atoms with van der Waals surface area (Å²) in [5.41, 5.74) is 3.38. The number of rotatable bonds is 5. The largest absolute Gasteiger partial charge is 0.381 e. The second-order valence-electron chi connectivity index (χ2n) is 5.04. The maximum atomic E-state index is 13.1. The van der Waals surface area contributed by atoms with Crippen molar-refractivity contribution in [2.75, 3.05) is 19.4 Å². The Kier molecular flexibility index (Phi) is 5.15. The summed E-state index contributed by atoms with van der Waals surface area (Å²) in [5, 5.41) is 3.33. The van der Waals surface area contributed by atoms with Gasteiger partial charge in [-0.3, -0.25) is 0 Å². The molecule has 0 aliphatic carbocycles. The molecule has 0 unspecified atom stereocenters. The van der Waals surface area contributed by atoms with Crippen LogP contribution in [0.1, 0.15) is 11.1 Å². The first-order chi connectivity index (χ1) is 9.54. The highest BCUT2D eigenvalue weighted by molar-refractivity contribution is 9.10. The molecule has 0 aliphatic heterocycles. The number of halogens is 2. The van der Waals surface area contributed by atoms with Crippen molar-refractivity contribution in [2.24, 2.45) is 0 Å². The SMILES string of the molecule is CN(C)Cc1ccc(NCc2ccc(F)c(Br)c2)cc1. The summed E-state index contributed by atoms with van der Waals surface area (Å²) in [7, 11) is 4.11. The van der Waals surface area contributed by atoms with Crippen LogP contribution in [-0.2, 0) is 13.1 Å². The maximum Gasteiger partial charge on any atom is 0.137 e. The van der Waals surface area contributed by atoms with Crippen molar-refractivity contribution >= 4 is 21.6 Å². The van der Waals surface area contributed by atoms with Gasteiger partial charge in [-0.15, -0.1) is 0 Å². The summed E-state index contributed by atoms with van der Waals surface area (Å²) >= 11 is 3.20. The monoisotopic (exact) mass is 336 g/mol. The molecule has 0 heterocycles. The van der Waals surface area contributed by atoms with Crippen LogP contribution >= 0.6 is 15.9 Å². The van der Waals surface area contributed by atoms with E-state index in [-0.39, 0.29) is 5.82 Å². The summed E-state index contributed by atoms with van der Waals surface area (Å²) in [6, 6.07) is 13.4. The Morgan fingerprint density at radius 1 is 1.05 bits per heavy atom. The molecule has 0 saturated carbocycles. The van der Waals surface area contributed by atoms with E-state index in [1.54, 1.807) is 12.1 Å². The molecule has 0 saturated heterocycles. The maximum absolute atomic E-state index is 13.1. The Morgan fingerprint density at radius 2 is 1.70 bits per heavy atom. The van der Waals surface area contributed by atoms with Gasteiger partial charge in [-0.25, -0.2) is 4.39 Å². The molecule has 0 atom stereocenters. The van der Waals surface area contributed by atoms with Crippen LogP contribution < -0.4 is 5.32 Å². The lowest BCUT2D eigenvalue weighted by Crippen LogP contribution is -2.10. The molecular weight excluding hydrogens is 319 g/mol. The summed E-state index contributed by atoms with van der Waals surface area (Å²) in [6.07, 6.45) is 0. The van der Waals surface area contributed by atoms with Crippen molar-refractivity contribution in [1.82, 2.24) is 4.90 Å². The molecule has 2 aromatic rings. The highest BCUT2D eigenvalue weighted by atomic mass is 79.9. The lowest BCUT2D eigenvalue weighted by Gasteiger charge is -2.11. The number of benzene rings is 2. The van der Waals surface area contributed by atoms with Crippen LogP contribution in [0.3, 0.4) is 0 Å². The predicted molar refractivity (Wildman–Crippen MR) is 85.3 cm³/mol. The average molecular weight is 337 g/mol. The van der Waals surface area contributed by atoms with Gasteiger partial charge in [0.05, 0.1) is 4.47 Å². The molecule has 0 fully saturated rings. The van der Waals surface area contributed by atoms with E-state index >= 15 is 0 Å². The first-order valence-electron chi connectivity index (χ1n) is 6.46. The molecule has 2 rings (SSSR count). The topological polar surface area (TPSA) is 15.3 Å². The lowest BCUT2D eigenvalue weighted by molar-refractivity contribution is 0.402. The van der Waals surface area contributed by atoms with Crippen LogP contribution in [0.5, 0.6) is 0 Å². The molecule has 0 bridgehead atoms. The third-order valence-electron chi connectivity index (χ3n) is 2.93. The van der Waals surface area contributed by atoms with E-state index in [0.717, 1.165) is 17.8 Å². The van der Waals surface area contributed by atoms with Crippen molar-refractivity contribution in [3.05, 3.63) is 63.9 Å². The van der Waals surface area contributed by atoms with Gasteiger partial charge >= 0.3 is 0 Å². The molecule has 2 aromatic carbocycles. The number of hydrogen-bond donors (Lipinski definition) is 1. The van der Waals surface area contributed by atoms with E-state index in [0.29, 0.717) is 11.0 Å². The molecule has 0 spiro atoms. The highest BCUT2D eigenvalue weighted by Gasteiger charge is 2.01. The first-order valence-corrected chi connectivity index (χ1v) is 7.25. The van der Waals surface area contributed by atoms with Crippen LogP contribution in [0.25, 0.3) is 0 Å². The van der Waals surface area contributed by atoms with Crippen molar-refractivity contribution in [3.8, 4) is 0 Å². The van der Waals surface area contributed by atoms with Crippen LogP contribution in [-0.4, -0.2) is 19.0 Å². The van der Waals surface area contributed by atoms with Crippen molar-refractivity contribution in [1.29, 1.82) is 0 Å². The minimum Gasteiger partial charge on any atom is -0.381 e. The average Bonchev–Trinajstić information content (AvgIpc) is 2.41. The van der Waals surface area contributed by atoms with Crippen molar-refractivity contribution < 1.29 is 4.39 Å². The summed E-state index contributed by atoms with van der Waals surface area (Å²) < 4.78 is 13.6. The van der Waals surface area contributed by atoms with E-state index in [9.17, 15) is 4.39 Å². The van der Waals surface area contributed by atoms with Crippen LogP contribution in [0.15, 0.2) is 46.9 Å². The molecule has 0 radical (unpaired) electrons. The summed E-state index contributed by atoms with van der Waals surface area (Å²) in [4.78, 5) is 2.14. The standard InChI is InChI=1S/C16H18BrFN2/c1-20(2)11-12-3-6-14(7-4-12)19-10-13-5-8-16(18)15(17)9-13/h3-9,19H,10-11H2,1-2H3. The van der Waals surface area contributed by atoms with Gasteiger partial charge in [-0.1, -0.05) is 18.2 Å². The summed E-state index contributed by atoms with van der Waals surface area (Å²) in [5.74, 6) is -0.234. The second kappa shape index (κ2) is 6.86. The van der Waals surface area contributed by atoms with Crippen LogP contribution in [0, 0.1) is 5.82 Å². The van der Waals surface area contributed by atoms with Gasteiger partial charge in [-0.2, -0.15) is 0 Å². The van der Waals surface area contributed by atoms with Crippen molar-refractivity contribution in [2.45, 2.75) is 13.1 Å². The van der Waals surface area contributed by atoms with Gasteiger partial charge in [0, 0.05) is 18.8 Å². The smallest absolute Gasteiger partial charge is 0.137 e. The minimum absolute atomic E-state index is 0.234. The van der Waals surface area contributed by atoms with E-state index in [4.69, 9.17) is 0 Å². The molecule has 0 amide bonds. The fourth-order valence-electron chi connectivity index (χ4n) is 1.95. The highest BCUT2D eigenvalue weighted by Crippen LogP contribution is 2.18. The Balaban J connectivity index is 1.95. The normalized spacial score (nSPS) is 10.8. The Labute approximate surface area is 127 Å². The zero-order valence-corrected chi connectivity index (χ0v) is 13.2. The second-order valence-corrected chi connectivity index (χ2v) is 5.89. The van der Waals surface area contributed by atoms with Gasteiger partial charge in [0.1, 0.15) is 5.82 Å². The first kappa shape index (κ1) is 15.0. The van der Waals surface area contributed by atoms with E-state index in [1.165, 1.54) is 11.6 Å². The van der Waals surface area contributed by atoms with Gasteiger partial charge in [0.25, 0.3) is 0 Å². The van der Waals surface area contributed by atoms with Gasteiger partial charge in [-0.05, 0) is 65.4 Å². The number of anilines is 1. The predicted octanol–water partition coefficient (Wildman–Crippen LogP) is 4.26. The van der Waals surface area contributed by atoms with Crippen LogP contribution in [0.4, 0.5) is 10.1 Å². The molecule has 106 valence electrons. The zero-order valence-electron chi connectivity index (χ0n) is 11.7. The molecular formula is C16H18BrFN2. The quantitative estimate of drug-likeness (QED) is 0.877. The molecule has 1 N–H and O–H groups in total. The van der Waals surface area contributed by atoms with Crippen LogP contribution in [0.2, 0.25) is 0 Å². The van der Waals surface area contributed by atoms with E-state index in [1.807, 2.05) is 0 Å². The Hall–Kier alpha value is -1.39. The Morgan fingerprint density at radius 3 is 2.30 bits per heavy atom. The van der Waals surface area contributed by atoms with E-state index < -0.39 is 0 Å². The lowest BCUT2D eigenvalue weighted by atomic mass is 10.2. The van der Waals surface area contributed by atoms with Gasteiger partial charge < -0.3 is 10.2 Å². The fourth-order valence-corrected chi connectivity index (χ4v) is 2.37. The van der Waals surface area contributed by atoms with E-state index in [2.05, 4.69) is 64.5 Å². The third kappa shape index (κ3) is 4.32. The molecule has 4 heteroatoms. The summed E-state index contributed by atoms with van der Waals surface area (Å²) in [6.45, 7) is 1.61. The number of nitrogens with zero attached hydrogens (tertiary/aromatic N) is 1. The minimum atomic E-state index is -0.234. The Bertz CT molecular complexity index is 567. The zero-order chi connectivity index (χ0) is 14.5. The van der Waals surface area contributed by atoms with Gasteiger partial charge in [0.2, 0.25) is 0 Å². The fraction of sp³-hybridized carbons (Fsp3) is 0.250. The van der Waals surface area contributed by atoms with Crippen molar-refractivity contribution in [3.63, 3.8) is 0 Å². The van der Waals surface area contributed by atoms with Gasteiger partial charge in [0.15, 0.2) is 0 Å².